The normalized spacial score (nSPS) is 9.85. The van der Waals surface area contributed by atoms with Gasteiger partial charge in [-0.1, -0.05) is 60.5 Å². The molecule has 0 N–H and O–H groups in total. The van der Waals surface area contributed by atoms with E-state index in [4.69, 9.17) is 0 Å². The van der Waals surface area contributed by atoms with Crippen LogP contribution in [0, 0.1) is 13.0 Å². The SMILES string of the molecule is Cc1cc(-c2ccccc2)c[c-]c1-c1ccccn1.[Pt]. The number of pyridine rings is 1. The van der Waals surface area contributed by atoms with Crippen molar-refractivity contribution >= 4 is 0 Å². The number of aryl methyl sites for hydroxylation is 1. The Kier molecular flexibility index (Phi) is 4.87. The zero-order valence-corrected chi connectivity index (χ0v) is 13.4. The van der Waals surface area contributed by atoms with Gasteiger partial charge in [-0.3, -0.25) is 0 Å². The molecule has 0 amide bonds. The molecule has 0 bridgehead atoms. The van der Waals surface area contributed by atoms with Gasteiger partial charge in [-0.25, -0.2) is 0 Å². The molecule has 1 heterocycles. The third-order valence-corrected chi connectivity index (χ3v) is 3.17. The minimum Gasteiger partial charge on any atom is -0.305 e. The van der Waals surface area contributed by atoms with Crippen LogP contribution in [0.1, 0.15) is 5.56 Å². The predicted octanol–water partition coefficient (Wildman–Crippen LogP) is 4.52. The second-order valence-corrected chi connectivity index (χ2v) is 4.53. The Balaban J connectivity index is 0.00000147. The van der Waals surface area contributed by atoms with Gasteiger partial charge in [-0.15, -0.1) is 29.3 Å². The topological polar surface area (TPSA) is 12.9 Å². The largest absolute Gasteiger partial charge is 0.305 e. The van der Waals surface area contributed by atoms with Crippen LogP contribution in [0.4, 0.5) is 0 Å². The van der Waals surface area contributed by atoms with E-state index in [0.29, 0.717) is 0 Å². The standard InChI is InChI=1S/C18H14N.Pt/c1-14-13-16(15-7-3-2-4-8-15)10-11-17(14)18-9-5-6-12-19-18;/h2-10,12-13H,1H3;/q-1;. The molecule has 2 heteroatoms. The van der Waals surface area contributed by atoms with Gasteiger partial charge in [0.2, 0.25) is 0 Å². The molecule has 20 heavy (non-hydrogen) atoms. The maximum atomic E-state index is 4.38. The van der Waals surface area contributed by atoms with E-state index in [1.807, 2.05) is 36.5 Å². The maximum Gasteiger partial charge on any atom is 0.0160 e. The van der Waals surface area contributed by atoms with Crippen LogP contribution in [0.25, 0.3) is 22.4 Å². The Morgan fingerprint density at radius 1 is 0.900 bits per heavy atom. The molecule has 2 aromatic carbocycles. The molecule has 0 fully saturated rings. The van der Waals surface area contributed by atoms with E-state index in [-0.39, 0.29) is 21.1 Å². The molecule has 0 aliphatic heterocycles. The van der Waals surface area contributed by atoms with Crippen LogP contribution >= 0.6 is 0 Å². The molecule has 3 rings (SSSR count). The van der Waals surface area contributed by atoms with E-state index in [2.05, 4.69) is 48.3 Å². The summed E-state index contributed by atoms with van der Waals surface area (Å²) in [5, 5.41) is 0. The average molecular weight is 439 g/mol. The molecule has 0 aliphatic rings. The summed E-state index contributed by atoms with van der Waals surface area (Å²) >= 11 is 0. The predicted molar refractivity (Wildman–Crippen MR) is 78.7 cm³/mol. The molecule has 1 nitrogen and oxygen atoms in total. The summed E-state index contributed by atoms with van der Waals surface area (Å²) in [5.41, 5.74) is 5.65. The van der Waals surface area contributed by atoms with Gasteiger partial charge in [-0.2, -0.15) is 0 Å². The number of benzene rings is 2. The Bertz CT molecular complexity index is 678. The minimum absolute atomic E-state index is 0. The van der Waals surface area contributed by atoms with Crippen molar-refractivity contribution < 1.29 is 21.1 Å². The number of hydrogen-bond acceptors (Lipinski definition) is 1. The van der Waals surface area contributed by atoms with Gasteiger partial charge in [0.05, 0.1) is 0 Å². The van der Waals surface area contributed by atoms with E-state index in [1.54, 1.807) is 0 Å². The third-order valence-electron chi connectivity index (χ3n) is 3.17. The molecule has 0 radical (unpaired) electrons. The zero-order valence-electron chi connectivity index (χ0n) is 11.1. The monoisotopic (exact) mass is 439 g/mol. The van der Waals surface area contributed by atoms with Crippen molar-refractivity contribution in [1.29, 1.82) is 0 Å². The molecule has 0 spiro atoms. The summed E-state index contributed by atoms with van der Waals surface area (Å²) in [6.07, 6.45) is 1.81. The van der Waals surface area contributed by atoms with Gasteiger partial charge in [0.15, 0.2) is 0 Å². The van der Waals surface area contributed by atoms with Crippen molar-refractivity contribution in [3.8, 4) is 22.4 Å². The van der Waals surface area contributed by atoms with E-state index in [9.17, 15) is 0 Å². The Labute approximate surface area is 134 Å². The summed E-state index contributed by atoms with van der Waals surface area (Å²) in [7, 11) is 0. The summed E-state index contributed by atoms with van der Waals surface area (Å²) in [5.74, 6) is 0. The van der Waals surface area contributed by atoms with Crippen LogP contribution in [0.15, 0.2) is 66.9 Å². The first kappa shape index (κ1) is 14.7. The van der Waals surface area contributed by atoms with Crippen molar-refractivity contribution in [2.24, 2.45) is 0 Å². The van der Waals surface area contributed by atoms with Crippen LogP contribution in [0.3, 0.4) is 0 Å². The van der Waals surface area contributed by atoms with Crippen molar-refractivity contribution in [3.05, 3.63) is 78.5 Å². The minimum atomic E-state index is 0. The second-order valence-electron chi connectivity index (χ2n) is 4.53. The van der Waals surface area contributed by atoms with Gasteiger partial charge in [0.1, 0.15) is 0 Å². The van der Waals surface area contributed by atoms with Crippen molar-refractivity contribution in [2.45, 2.75) is 6.92 Å². The fraction of sp³-hybridized carbons (Fsp3) is 0.0556. The van der Waals surface area contributed by atoms with Crippen LogP contribution in [-0.4, -0.2) is 4.98 Å². The van der Waals surface area contributed by atoms with Gasteiger partial charge >= 0.3 is 0 Å². The molecule has 0 aliphatic carbocycles. The second kappa shape index (κ2) is 6.63. The Morgan fingerprint density at radius 2 is 1.65 bits per heavy atom. The van der Waals surface area contributed by atoms with Crippen molar-refractivity contribution in [1.82, 2.24) is 4.98 Å². The van der Waals surface area contributed by atoms with Crippen molar-refractivity contribution in [3.63, 3.8) is 0 Å². The molecule has 1 aromatic heterocycles. The fourth-order valence-electron chi connectivity index (χ4n) is 2.19. The van der Waals surface area contributed by atoms with Crippen LogP contribution in [0.5, 0.6) is 0 Å². The molecule has 3 aromatic rings. The van der Waals surface area contributed by atoms with E-state index in [0.717, 1.165) is 11.3 Å². The molecule has 102 valence electrons. The van der Waals surface area contributed by atoms with Gasteiger partial charge < -0.3 is 4.98 Å². The maximum absolute atomic E-state index is 4.38. The quantitative estimate of drug-likeness (QED) is 0.535. The molecule has 0 saturated carbocycles. The smallest absolute Gasteiger partial charge is 0.0160 e. The van der Waals surface area contributed by atoms with Crippen LogP contribution < -0.4 is 0 Å². The van der Waals surface area contributed by atoms with Crippen LogP contribution in [0.2, 0.25) is 0 Å². The van der Waals surface area contributed by atoms with Gasteiger partial charge in [0.25, 0.3) is 0 Å². The van der Waals surface area contributed by atoms with Gasteiger partial charge in [0, 0.05) is 27.3 Å². The van der Waals surface area contributed by atoms with E-state index >= 15 is 0 Å². The number of aromatic nitrogens is 1. The Hall–Kier alpha value is -1.72. The first-order valence-corrected chi connectivity index (χ1v) is 6.34. The summed E-state index contributed by atoms with van der Waals surface area (Å²) in [6, 6.07) is 23.9. The molecule has 0 unspecified atom stereocenters. The van der Waals surface area contributed by atoms with Gasteiger partial charge in [-0.05, 0) is 11.8 Å². The number of hydrogen-bond donors (Lipinski definition) is 0. The van der Waals surface area contributed by atoms with E-state index < -0.39 is 0 Å². The Morgan fingerprint density at radius 3 is 2.30 bits per heavy atom. The number of rotatable bonds is 2. The summed E-state index contributed by atoms with van der Waals surface area (Å²) in [4.78, 5) is 4.38. The first-order valence-electron chi connectivity index (χ1n) is 6.34. The summed E-state index contributed by atoms with van der Waals surface area (Å²) in [6.45, 7) is 2.10. The molecule has 0 saturated heterocycles. The van der Waals surface area contributed by atoms with E-state index in [1.165, 1.54) is 16.7 Å². The molecule has 0 atom stereocenters. The summed E-state index contributed by atoms with van der Waals surface area (Å²) < 4.78 is 0. The van der Waals surface area contributed by atoms with Crippen LogP contribution in [-0.2, 0) is 21.1 Å². The first-order chi connectivity index (χ1) is 9.34. The zero-order chi connectivity index (χ0) is 13.1. The van der Waals surface area contributed by atoms with Crippen molar-refractivity contribution in [2.75, 3.05) is 0 Å². The molecular weight excluding hydrogens is 425 g/mol. The molecular formula is C18H14NPt-. The number of nitrogens with zero attached hydrogens (tertiary/aromatic N) is 1. The third kappa shape index (κ3) is 3.05. The average Bonchev–Trinajstić information content (AvgIpc) is 2.49. The fourth-order valence-corrected chi connectivity index (χ4v) is 2.19.